The summed E-state index contributed by atoms with van der Waals surface area (Å²) in [6.07, 6.45) is -0.676. The molecule has 0 unspecified atom stereocenters. The Balaban J connectivity index is 1.95. The Bertz CT molecular complexity index is 671. The number of hydrogen-bond donors (Lipinski definition) is 0. The number of carbonyl (C=O) groups excluding carboxylic acids is 1. The van der Waals surface area contributed by atoms with Gasteiger partial charge in [-0.05, 0) is 24.6 Å². The molecule has 0 saturated heterocycles. The Labute approximate surface area is 134 Å². The lowest BCUT2D eigenvalue weighted by molar-refractivity contribution is -0.384. The second-order valence-corrected chi connectivity index (χ2v) is 5.19. The number of carbonyl (C=O) groups is 1. The first-order valence-electron chi connectivity index (χ1n) is 7.17. The molecule has 2 rings (SSSR count). The number of ether oxygens (including phenoxy) is 1. The molecule has 0 aromatic heterocycles. The lowest BCUT2D eigenvalue weighted by Crippen LogP contribution is -2.37. The van der Waals surface area contributed by atoms with Gasteiger partial charge in [0.1, 0.15) is 5.75 Å². The zero-order chi connectivity index (χ0) is 16.8. The number of nitro benzene ring substituents is 1. The summed E-state index contributed by atoms with van der Waals surface area (Å²) < 4.78 is 5.56. The number of likely N-dealkylation sites (N-methyl/N-ethyl adjacent to an activating group) is 1. The molecule has 1 atom stereocenters. The smallest absolute Gasteiger partial charge is 0.269 e. The van der Waals surface area contributed by atoms with Crippen molar-refractivity contribution >= 4 is 11.6 Å². The Hall–Kier alpha value is -2.89. The normalized spacial score (nSPS) is 11.6. The zero-order valence-corrected chi connectivity index (χ0v) is 13.0. The van der Waals surface area contributed by atoms with Gasteiger partial charge in [0.15, 0.2) is 6.10 Å². The summed E-state index contributed by atoms with van der Waals surface area (Å²) in [5, 5.41) is 10.6. The summed E-state index contributed by atoms with van der Waals surface area (Å²) in [6.45, 7) is 2.15. The van der Waals surface area contributed by atoms with Crippen LogP contribution in [0.3, 0.4) is 0 Å². The molecule has 0 heterocycles. The highest BCUT2D eigenvalue weighted by Crippen LogP contribution is 2.19. The average molecular weight is 314 g/mol. The molecule has 23 heavy (non-hydrogen) atoms. The van der Waals surface area contributed by atoms with Gasteiger partial charge in [-0.1, -0.05) is 30.3 Å². The molecule has 0 aliphatic heterocycles. The van der Waals surface area contributed by atoms with E-state index < -0.39 is 11.0 Å². The van der Waals surface area contributed by atoms with E-state index >= 15 is 0 Å². The van der Waals surface area contributed by atoms with Gasteiger partial charge in [0.2, 0.25) is 0 Å². The molecule has 2 aromatic carbocycles. The van der Waals surface area contributed by atoms with Crippen LogP contribution in [0.15, 0.2) is 54.6 Å². The first-order valence-corrected chi connectivity index (χ1v) is 7.17. The summed E-state index contributed by atoms with van der Waals surface area (Å²) in [6, 6.07) is 15.3. The topological polar surface area (TPSA) is 72.7 Å². The quantitative estimate of drug-likeness (QED) is 0.607. The van der Waals surface area contributed by atoms with Crippen molar-refractivity contribution in [2.24, 2.45) is 0 Å². The van der Waals surface area contributed by atoms with Gasteiger partial charge in [0.25, 0.3) is 11.6 Å². The maximum absolute atomic E-state index is 12.3. The van der Waals surface area contributed by atoms with Gasteiger partial charge in [-0.3, -0.25) is 14.9 Å². The molecular weight excluding hydrogens is 296 g/mol. The second-order valence-electron chi connectivity index (χ2n) is 5.19. The summed E-state index contributed by atoms with van der Waals surface area (Å²) in [5.74, 6) is 0.261. The monoisotopic (exact) mass is 314 g/mol. The lowest BCUT2D eigenvalue weighted by atomic mass is 10.2. The van der Waals surface area contributed by atoms with Crippen LogP contribution in [0.5, 0.6) is 5.75 Å². The Kier molecular flexibility index (Phi) is 5.30. The van der Waals surface area contributed by atoms with E-state index in [9.17, 15) is 14.9 Å². The summed E-state index contributed by atoms with van der Waals surface area (Å²) in [5.41, 5.74) is 1.02. The van der Waals surface area contributed by atoms with Crippen LogP contribution in [0.1, 0.15) is 12.5 Å². The minimum Gasteiger partial charge on any atom is -0.481 e. The molecule has 0 radical (unpaired) electrons. The molecule has 0 aliphatic rings. The molecule has 120 valence electrons. The third-order valence-corrected chi connectivity index (χ3v) is 3.35. The fourth-order valence-electron chi connectivity index (χ4n) is 2.15. The van der Waals surface area contributed by atoms with Crippen LogP contribution in [-0.4, -0.2) is 28.9 Å². The van der Waals surface area contributed by atoms with E-state index in [1.807, 2.05) is 30.3 Å². The number of benzene rings is 2. The van der Waals surface area contributed by atoms with Crippen LogP contribution < -0.4 is 4.74 Å². The molecule has 0 bridgehead atoms. The molecule has 2 aromatic rings. The highest BCUT2D eigenvalue weighted by Gasteiger charge is 2.19. The standard InChI is InChI=1S/C17H18N2O4/c1-13(23-16-10-8-15(9-11-16)19(21)22)17(20)18(2)12-14-6-4-3-5-7-14/h3-11,13H,12H2,1-2H3/t13-/m0/s1. The minimum absolute atomic E-state index is 0.0162. The Morgan fingerprint density at radius 3 is 2.35 bits per heavy atom. The van der Waals surface area contributed by atoms with Crippen molar-refractivity contribution in [3.63, 3.8) is 0 Å². The first-order chi connectivity index (χ1) is 11.0. The first kappa shape index (κ1) is 16.5. The third-order valence-electron chi connectivity index (χ3n) is 3.35. The third kappa shape index (κ3) is 4.54. The fourth-order valence-corrected chi connectivity index (χ4v) is 2.15. The van der Waals surface area contributed by atoms with Gasteiger partial charge in [0, 0.05) is 25.7 Å². The number of nitrogens with zero attached hydrogens (tertiary/aromatic N) is 2. The largest absolute Gasteiger partial charge is 0.481 e. The van der Waals surface area contributed by atoms with Crippen LogP contribution >= 0.6 is 0 Å². The molecule has 1 amide bonds. The SMILES string of the molecule is C[C@H](Oc1ccc([N+](=O)[O-])cc1)C(=O)N(C)Cc1ccccc1. The van der Waals surface area contributed by atoms with Crippen molar-refractivity contribution in [2.45, 2.75) is 19.6 Å². The number of rotatable bonds is 6. The van der Waals surface area contributed by atoms with E-state index in [4.69, 9.17) is 4.74 Å². The zero-order valence-electron chi connectivity index (χ0n) is 13.0. The van der Waals surface area contributed by atoms with E-state index in [0.717, 1.165) is 5.56 Å². The van der Waals surface area contributed by atoms with Crippen molar-refractivity contribution in [3.8, 4) is 5.75 Å². The molecular formula is C17H18N2O4. The van der Waals surface area contributed by atoms with Gasteiger partial charge in [0.05, 0.1) is 4.92 Å². The molecule has 0 spiro atoms. The molecule has 6 nitrogen and oxygen atoms in total. The maximum Gasteiger partial charge on any atom is 0.269 e. The van der Waals surface area contributed by atoms with Crippen LogP contribution in [0.2, 0.25) is 0 Å². The predicted molar refractivity (Wildman–Crippen MR) is 86.1 cm³/mol. The van der Waals surface area contributed by atoms with E-state index in [1.54, 1.807) is 18.9 Å². The molecule has 0 N–H and O–H groups in total. The van der Waals surface area contributed by atoms with Gasteiger partial charge in [-0.25, -0.2) is 0 Å². The van der Waals surface area contributed by atoms with Crippen molar-refractivity contribution in [2.75, 3.05) is 7.05 Å². The van der Waals surface area contributed by atoms with E-state index in [-0.39, 0.29) is 11.6 Å². The number of non-ortho nitro benzene ring substituents is 1. The van der Waals surface area contributed by atoms with Crippen LogP contribution in [0.4, 0.5) is 5.69 Å². The van der Waals surface area contributed by atoms with Crippen molar-refractivity contribution in [1.29, 1.82) is 0 Å². The van der Waals surface area contributed by atoms with Crippen LogP contribution in [0, 0.1) is 10.1 Å². The Morgan fingerprint density at radius 2 is 1.78 bits per heavy atom. The number of hydrogen-bond acceptors (Lipinski definition) is 4. The number of nitro groups is 1. The van der Waals surface area contributed by atoms with Crippen molar-refractivity contribution in [1.82, 2.24) is 4.90 Å². The van der Waals surface area contributed by atoms with Crippen LogP contribution in [0.25, 0.3) is 0 Å². The maximum atomic E-state index is 12.3. The van der Waals surface area contributed by atoms with Gasteiger partial charge in [-0.2, -0.15) is 0 Å². The summed E-state index contributed by atoms with van der Waals surface area (Å²) >= 11 is 0. The van der Waals surface area contributed by atoms with Crippen molar-refractivity contribution in [3.05, 3.63) is 70.3 Å². The van der Waals surface area contributed by atoms with Gasteiger partial charge >= 0.3 is 0 Å². The molecule has 6 heteroatoms. The highest BCUT2D eigenvalue weighted by atomic mass is 16.6. The minimum atomic E-state index is -0.676. The van der Waals surface area contributed by atoms with E-state index in [2.05, 4.69) is 0 Å². The molecule has 0 aliphatic carbocycles. The highest BCUT2D eigenvalue weighted by molar-refractivity contribution is 5.80. The Morgan fingerprint density at radius 1 is 1.17 bits per heavy atom. The number of amides is 1. The van der Waals surface area contributed by atoms with E-state index in [1.165, 1.54) is 24.3 Å². The molecule has 0 fully saturated rings. The van der Waals surface area contributed by atoms with Crippen molar-refractivity contribution < 1.29 is 14.5 Å². The summed E-state index contributed by atoms with van der Waals surface area (Å²) in [7, 11) is 1.71. The predicted octanol–water partition coefficient (Wildman–Crippen LogP) is 3.02. The van der Waals surface area contributed by atoms with Gasteiger partial charge < -0.3 is 9.64 Å². The van der Waals surface area contributed by atoms with E-state index in [0.29, 0.717) is 12.3 Å². The molecule has 0 saturated carbocycles. The van der Waals surface area contributed by atoms with Gasteiger partial charge in [-0.15, -0.1) is 0 Å². The summed E-state index contributed by atoms with van der Waals surface area (Å²) in [4.78, 5) is 24.0. The average Bonchev–Trinajstić information content (AvgIpc) is 2.55. The lowest BCUT2D eigenvalue weighted by Gasteiger charge is -2.22. The fraction of sp³-hybridized carbons (Fsp3) is 0.235. The second kappa shape index (κ2) is 7.40. The van der Waals surface area contributed by atoms with Crippen LogP contribution in [-0.2, 0) is 11.3 Å².